The summed E-state index contributed by atoms with van der Waals surface area (Å²) in [6.07, 6.45) is 6.78. The molecule has 2 aromatic rings. The Morgan fingerprint density at radius 1 is 1.16 bits per heavy atom. The fraction of sp³-hybridized carbons (Fsp3) is 0.312. The highest BCUT2D eigenvalue weighted by molar-refractivity contribution is 5.36. The van der Waals surface area contributed by atoms with Gasteiger partial charge in [-0.1, -0.05) is 25.5 Å². The molecular weight excluding hydrogens is 238 g/mol. The number of rotatable bonds is 6. The number of pyridine rings is 1. The van der Waals surface area contributed by atoms with Crippen LogP contribution >= 0.6 is 0 Å². The predicted octanol–water partition coefficient (Wildman–Crippen LogP) is 3.71. The Labute approximate surface area is 113 Å². The van der Waals surface area contributed by atoms with Crippen molar-refractivity contribution in [3.63, 3.8) is 0 Å². The molecule has 0 fully saturated rings. The van der Waals surface area contributed by atoms with Crippen LogP contribution in [0.5, 0.6) is 11.5 Å². The molecule has 0 aliphatic heterocycles. The van der Waals surface area contributed by atoms with Gasteiger partial charge in [-0.25, -0.2) is 0 Å². The number of unbranched alkanes of at least 4 members (excludes halogenated alkanes) is 1. The van der Waals surface area contributed by atoms with E-state index in [-0.39, 0.29) is 6.61 Å². The molecule has 0 radical (unpaired) electrons. The summed E-state index contributed by atoms with van der Waals surface area (Å²) in [6.45, 7) is 2.14. The fourth-order valence-electron chi connectivity index (χ4n) is 1.86. The maximum atomic E-state index is 9.23. The lowest BCUT2D eigenvalue weighted by molar-refractivity contribution is 0.276. The molecule has 0 saturated carbocycles. The highest BCUT2D eigenvalue weighted by Crippen LogP contribution is 2.24. The van der Waals surface area contributed by atoms with E-state index in [1.54, 1.807) is 18.5 Å². The first-order valence-electron chi connectivity index (χ1n) is 6.64. The summed E-state index contributed by atoms with van der Waals surface area (Å²) in [4.78, 5) is 4.01. The normalized spacial score (nSPS) is 10.4. The largest absolute Gasteiger partial charge is 0.455 e. The van der Waals surface area contributed by atoms with E-state index in [4.69, 9.17) is 4.74 Å². The molecule has 0 atom stereocenters. The van der Waals surface area contributed by atoms with Crippen LogP contribution in [-0.2, 0) is 13.0 Å². The maximum Gasteiger partial charge on any atom is 0.151 e. The third-order valence-electron chi connectivity index (χ3n) is 3.01. The zero-order valence-electron chi connectivity index (χ0n) is 11.2. The molecular formula is C16H19NO2. The molecule has 1 N–H and O–H groups in total. The van der Waals surface area contributed by atoms with E-state index in [2.05, 4.69) is 24.0 Å². The summed E-state index contributed by atoms with van der Waals surface area (Å²) in [5.41, 5.74) is 2.06. The Hall–Kier alpha value is -1.87. The Kier molecular flexibility index (Phi) is 4.93. The van der Waals surface area contributed by atoms with E-state index >= 15 is 0 Å². The molecule has 3 heteroatoms. The van der Waals surface area contributed by atoms with Gasteiger partial charge < -0.3 is 9.84 Å². The Morgan fingerprint density at radius 2 is 1.95 bits per heavy atom. The van der Waals surface area contributed by atoms with Crippen LogP contribution in [0, 0.1) is 0 Å². The highest BCUT2D eigenvalue weighted by atomic mass is 16.5. The van der Waals surface area contributed by atoms with E-state index in [0.717, 1.165) is 17.7 Å². The van der Waals surface area contributed by atoms with Crippen LogP contribution in [0.1, 0.15) is 30.9 Å². The van der Waals surface area contributed by atoms with Gasteiger partial charge in [-0.3, -0.25) is 4.98 Å². The van der Waals surface area contributed by atoms with Crippen LogP contribution in [0.2, 0.25) is 0 Å². The smallest absolute Gasteiger partial charge is 0.151 e. The molecule has 19 heavy (non-hydrogen) atoms. The molecule has 0 amide bonds. The van der Waals surface area contributed by atoms with E-state index in [1.165, 1.54) is 18.4 Å². The molecule has 0 spiro atoms. The number of hydrogen-bond acceptors (Lipinski definition) is 3. The zero-order valence-corrected chi connectivity index (χ0v) is 11.2. The second-order valence-electron chi connectivity index (χ2n) is 4.49. The van der Waals surface area contributed by atoms with Gasteiger partial charge in [0.05, 0.1) is 12.8 Å². The summed E-state index contributed by atoms with van der Waals surface area (Å²) >= 11 is 0. The van der Waals surface area contributed by atoms with Gasteiger partial charge in [0.25, 0.3) is 0 Å². The predicted molar refractivity (Wildman–Crippen MR) is 75.3 cm³/mol. The van der Waals surface area contributed by atoms with Gasteiger partial charge in [0.2, 0.25) is 0 Å². The Morgan fingerprint density at radius 3 is 2.63 bits per heavy atom. The van der Waals surface area contributed by atoms with Crippen molar-refractivity contribution in [1.82, 2.24) is 4.98 Å². The molecule has 1 heterocycles. The summed E-state index contributed by atoms with van der Waals surface area (Å²) in [5, 5.41) is 9.23. The van der Waals surface area contributed by atoms with Crippen molar-refractivity contribution >= 4 is 0 Å². The third kappa shape index (κ3) is 3.80. The molecule has 0 bridgehead atoms. The first-order chi connectivity index (χ1) is 9.33. The monoisotopic (exact) mass is 257 g/mol. The first kappa shape index (κ1) is 13.6. The van der Waals surface area contributed by atoms with E-state index in [9.17, 15) is 5.11 Å². The van der Waals surface area contributed by atoms with Gasteiger partial charge in [0.15, 0.2) is 5.75 Å². The van der Waals surface area contributed by atoms with Crippen molar-refractivity contribution in [2.75, 3.05) is 0 Å². The molecule has 0 unspecified atom stereocenters. The second-order valence-corrected chi connectivity index (χ2v) is 4.49. The minimum atomic E-state index is -0.0492. The minimum absolute atomic E-state index is 0.0492. The van der Waals surface area contributed by atoms with Gasteiger partial charge in [0.1, 0.15) is 5.75 Å². The van der Waals surface area contributed by atoms with Crippen molar-refractivity contribution in [2.45, 2.75) is 32.8 Å². The SMILES string of the molecule is CCCCc1ccc(Oc2cnccc2CO)cc1. The average Bonchev–Trinajstić information content (AvgIpc) is 2.47. The van der Waals surface area contributed by atoms with Gasteiger partial charge >= 0.3 is 0 Å². The summed E-state index contributed by atoms with van der Waals surface area (Å²) in [6, 6.07) is 9.84. The number of aryl methyl sites for hydroxylation is 1. The van der Waals surface area contributed by atoms with Gasteiger partial charge in [0, 0.05) is 11.8 Å². The number of nitrogens with zero attached hydrogens (tertiary/aromatic N) is 1. The average molecular weight is 257 g/mol. The van der Waals surface area contributed by atoms with E-state index in [0.29, 0.717) is 5.75 Å². The number of aliphatic hydroxyl groups excluding tert-OH is 1. The molecule has 2 rings (SSSR count). The van der Waals surface area contributed by atoms with Crippen LogP contribution in [0.4, 0.5) is 0 Å². The van der Waals surface area contributed by atoms with Crippen LogP contribution in [0.3, 0.4) is 0 Å². The Bertz CT molecular complexity index is 508. The zero-order chi connectivity index (χ0) is 13.5. The van der Waals surface area contributed by atoms with Gasteiger partial charge in [-0.05, 0) is 36.6 Å². The molecule has 0 saturated heterocycles. The quantitative estimate of drug-likeness (QED) is 0.857. The lowest BCUT2D eigenvalue weighted by Crippen LogP contribution is -1.93. The van der Waals surface area contributed by atoms with Crippen molar-refractivity contribution in [1.29, 1.82) is 0 Å². The number of hydrogen-bond donors (Lipinski definition) is 1. The van der Waals surface area contributed by atoms with Crippen molar-refractivity contribution in [3.05, 3.63) is 53.9 Å². The second kappa shape index (κ2) is 6.90. The molecule has 0 aliphatic carbocycles. The molecule has 1 aromatic heterocycles. The fourth-order valence-corrected chi connectivity index (χ4v) is 1.86. The molecule has 1 aromatic carbocycles. The van der Waals surface area contributed by atoms with Crippen molar-refractivity contribution < 1.29 is 9.84 Å². The summed E-state index contributed by atoms with van der Waals surface area (Å²) in [7, 11) is 0. The third-order valence-corrected chi connectivity index (χ3v) is 3.01. The Balaban J connectivity index is 2.06. The van der Waals surface area contributed by atoms with Crippen molar-refractivity contribution in [2.24, 2.45) is 0 Å². The number of aromatic nitrogens is 1. The van der Waals surface area contributed by atoms with E-state index < -0.39 is 0 Å². The van der Waals surface area contributed by atoms with Gasteiger partial charge in [-0.2, -0.15) is 0 Å². The molecule has 100 valence electrons. The van der Waals surface area contributed by atoms with Crippen LogP contribution in [0.15, 0.2) is 42.7 Å². The molecule has 0 aliphatic rings. The number of ether oxygens (including phenoxy) is 1. The molecule has 3 nitrogen and oxygen atoms in total. The maximum absolute atomic E-state index is 9.23. The summed E-state index contributed by atoms with van der Waals surface area (Å²) in [5.74, 6) is 1.37. The summed E-state index contributed by atoms with van der Waals surface area (Å²) < 4.78 is 5.74. The van der Waals surface area contributed by atoms with Crippen LogP contribution in [-0.4, -0.2) is 10.1 Å². The van der Waals surface area contributed by atoms with Gasteiger partial charge in [-0.15, -0.1) is 0 Å². The first-order valence-corrected chi connectivity index (χ1v) is 6.64. The lowest BCUT2D eigenvalue weighted by atomic mass is 10.1. The number of aliphatic hydroxyl groups is 1. The lowest BCUT2D eigenvalue weighted by Gasteiger charge is -2.09. The van der Waals surface area contributed by atoms with Crippen LogP contribution in [0.25, 0.3) is 0 Å². The van der Waals surface area contributed by atoms with E-state index in [1.807, 2.05) is 12.1 Å². The highest BCUT2D eigenvalue weighted by Gasteiger charge is 2.04. The standard InChI is InChI=1S/C16H19NO2/c1-2-3-4-13-5-7-15(8-6-13)19-16-11-17-10-9-14(16)12-18/h5-11,18H,2-4,12H2,1H3. The topological polar surface area (TPSA) is 42.4 Å². The number of benzene rings is 1. The van der Waals surface area contributed by atoms with Crippen molar-refractivity contribution in [3.8, 4) is 11.5 Å². The van der Waals surface area contributed by atoms with Crippen LogP contribution < -0.4 is 4.74 Å². The minimum Gasteiger partial charge on any atom is -0.455 e.